The fraction of sp³-hybridized carbons (Fsp3) is 0.700. The van der Waals surface area contributed by atoms with Crippen LogP contribution < -0.4 is 5.73 Å². The van der Waals surface area contributed by atoms with E-state index >= 15 is 0 Å². The summed E-state index contributed by atoms with van der Waals surface area (Å²) in [6, 6.07) is -0.173. The Labute approximate surface area is 95.0 Å². The van der Waals surface area contributed by atoms with Gasteiger partial charge in [-0.05, 0) is 19.8 Å². The maximum Gasteiger partial charge on any atom is 0.197 e. The molecule has 2 N–H and O–H groups in total. The summed E-state index contributed by atoms with van der Waals surface area (Å²) >= 11 is 0. The maximum absolute atomic E-state index is 11.3. The lowest BCUT2D eigenvalue weighted by Gasteiger charge is -2.18. The molecule has 1 unspecified atom stereocenters. The number of aromatic nitrogens is 1. The molecule has 0 aliphatic carbocycles. The number of nitrogens with zero attached hydrogens (tertiary/aromatic N) is 1. The summed E-state index contributed by atoms with van der Waals surface area (Å²) in [6.07, 6.45) is 2.82. The largest absolute Gasteiger partial charge is 0.444 e. The Morgan fingerprint density at radius 1 is 1.50 bits per heavy atom. The quantitative estimate of drug-likeness (QED) is 0.838. The molecule has 1 aromatic heterocycles. The van der Waals surface area contributed by atoms with E-state index in [2.05, 4.69) is 4.98 Å². The summed E-state index contributed by atoms with van der Waals surface area (Å²) in [5, 5.41) is 0. The summed E-state index contributed by atoms with van der Waals surface area (Å²) in [7, 11) is -2.83. The van der Waals surface area contributed by atoms with Crippen LogP contribution in [0.2, 0.25) is 0 Å². The Kier molecular flexibility index (Phi) is 3.03. The summed E-state index contributed by atoms with van der Waals surface area (Å²) in [6.45, 7) is 1.83. The van der Waals surface area contributed by atoms with Crippen LogP contribution in [0.3, 0.4) is 0 Å². The van der Waals surface area contributed by atoms with Gasteiger partial charge in [-0.25, -0.2) is 13.4 Å². The Morgan fingerprint density at radius 3 is 2.62 bits per heavy atom. The third kappa shape index (κ3) is 2.44. The van der Waals surface area contributed by atoms with Crippen LogP contribution in [0.4, 0.5) is 0 Å². The molecule has 1 saturated heterocycles. The van der Waals surface area contributed by atoms with E-state index < -0.39 is 9.84 Å². The minimum absolute atomic E-state index is 0.121. The van der Waals surface area contributed by atoms with Gasteiger partial charge in [0.25, 0.3) is 0 Å². The molecule has 0 aromatic carbocycles. The average molecular weight is 244 g/mol. The van der Waals surface area contributed by atoms with Crippen LogP contribution in [0.25, 0.3) is 0 Å². The first-order valence-electron chi connectivity index (χ1n) is 5.39. The predicted octanol–water partition coefficient (Wildman–Crippen LogP) is 0.987. The Hall–Kier alpha value is -0.880. The van der Waals surface area contributed by atoms with Gasteiger partial charge in [0.2, 0.25) is 0 Å². The SMILES string of the molecule is CC(N)c1cnc(C2CCS(=O)(=O)CC2)o1. The van der Waals surface area contributed by atoms with Crippen molar-refractivity contribution in [3.8, 4) is 0 Å². The number of nitrogens with two attached hydrogens (primary N) is 1. The lowest BCUT2D eigenvalue weighted by atomic mass is 10.0. The van der Waals surface area contributed by atoms with Crippen LogP contribution in [0.1, 0.15) is 43.4 Å². The molecule has 0 amide bonds. The molecule has 0 radical (unpaired) electrons. The van der Waals surface area contributed by atoms with Gasteiger partial charge in [0.15, 0.2) is 5.89 Å². The lowest BCUT2D eigenvalue weighted by Crippen LogP contribution is -2.22. The van der Waals surface area contributed by atoms with Crippen molar-refractivity contribution in [3.05, 3.63) is 17.8 Å². The van der Waals surface area contributed by atoms with Gasteiger partial charge in [-0.2, -0.15) is 0 Å². The second kappa shape index (κ2) is 4.18. The third-order valence-electron chi connectivity index (χ3n) is 2.89. The summed E-state index contributed by atoms with van der Waals surface area (Å²) in [4.78, 5) is 4.17. The maximum atomic E-state index is 11.3. The molecule has 1 aliphatic heterocycles. The fourth-order valence-electron chi connectivity index (χ4n) is 1.84. The van der Waals surface area contributed by atoms with Gasteiger partial charge in [0.05, 0.1) is 23.7 Å². The van der Waals surface area contributed by atoms with Gasteiger partial charge >= 0.3 is 0 Å². The molecular formula is C10H16N2O3S. The average Bonchev–Trinajstić information content (AvgIpc) is 2.66. The first kappa shape index (κ1) is 11.6. The van der Waals surface area contributed by atoms with Crippen molar-refractivity contribution in [2.45, 2.75) is 31.7 Å². The zero-order chi connectivity index (χ0) is 11.8. The second-order valence-corrected chi connectivity index (χ2v) is 6.62. The van der Waals surface area contributed by atoms with Crippen LogP contribution in [-0.2, 0) is 9.84 Å². The molecule has 1 atom stereocenters. The smallest absolute Gasteiger partial charge is 0.197 e. The highest BCUT2D eigenvalue weighted by molar-refractivity contribution is 7.91. The number of rotatable bonds is 2. The first-order chi connectivity index (χ1) is 7.48. The fourth-order valence-corrected chi connectivity index (χ4v) is 3.33. The van der Waals surface area contributed by atoms with E-state index in [4.69, 9.17) is 10.2 Å². The molecule has 16 heavy (non-hydrogen) atoms. The minimum Gasteiger partial charge on any atom is -0.444 e. The molecular weight excluding hydrogens is 228 g/mol. The van der Waals surface area contributed by atoms with Crippen LogP contribution in [-0.4, -0.2) is 24.9 Å². The van der Waals surface area contributed by atoms with Crippen molar-refractivity contribution in [1.82, 2.24) is 4.98 Å². The van der Waals surface area contributed by atoms with E-state index in [1.165, 1.54) is 0 Å². The Morgan fingerprint density at radius 2 is 2.12 bits per heavy atom. The number of sulfone groups is 1. The zero-order valence-electron chi connectivity index (χ0n) is 9.22. The van der Waals surface area contributed by atoms with Crippen molar-refractivity contribution >= 4 is 9.84 Å². The standard InChI is InChI=1S/C10H16N2O3S/c1-7(11)9-6-12-10(15-9)8-2-4-16(13,14)5-3-8/h6-8H,2-5,11H2,1H3. The number of oxazole rings is 1. The molecule has 90 valence electrons. The minimum atomic E-state index is -2.83. The normalized spacial score (nSPS) is 23.1. The summed E-state index contributed by atoms with van der Waals surface area (Å²) in [5.74, 6) is 1.86. The lowest BCUT2D eigenvalue weighted by molar-refractivity contribution is 0.388. The molecule has 2 heterocycles. The highest BCUT2D eigenvalue weighted by Gasteiger charge is 2.27. The highest BCUT2D eigenvalue weighted by atomic mass is 32.2. The molecule has 5 nitrogen and oxygen atoms in total. The molecule has 1 aromatic rings. The van der Waals surface area contributed by atoms with Crippen molar-refractivity contribution in [3.63, 3.8) is 0 Å². The molecule has 1 aliphatic rings. The van der Waals surface area contributed by atoms with Gasteiger partial charge < -0.3 is 10.2 Å². The Bertz CT molecular complexity index is 450. The van der Waals surface area contributed by atoms with E-state index in [-0.39, 0.29) is 23.5 Å². The molecule has 2 rings (SSSR count). The van der Waals surface area contributed by atoms with Crippen LogP contribution >= 0.6 is 0 Å². The van der Waals surface area contributed by atoms with E-state index in [0.717, 1.165) is 0 Å². The third-order valence-corrected chi connectivity index (χ3v) is 4.61. The van der Waals surface area contributed by atoms with Crippen molar-refractivity contribution in [2.75, 3.05) is 11.5 Å². The van der Waals surface area contributed by atoms with Crippen LogP contribution in [0.5, 0.6) is 0 Å². The molecule has 1 fully saturated rings. The van der Waals surface area contributed by atoms with Crippen LogP contribution in [0, 0.1) is 0 Å². The van der Waals surface area contributed by atoms with Crippen LogP contribution in [0.15, 0.2) is 10.6 Å². The van der Waals surface area contributed by atoms with E-state index in [1.54, 1.807) is 6.20 Å². The van der Waals surface area contributed by atoms with Gasteiger partial charge in [0, 0.05) is 5.92 Å². The molecule has 0 bridgehead atoms. The number of hydrogen-bond acceptors (Lipinski definition) is 5. The topological polar surface area (TPSA) is 86.2 Å². The van der Waals surface area contributed by atoms with Crippen molar-refractivity contribution < 1.29 is 12.8 Å². The van der Waals surface area contributed by atoms with Gasteiger partial charge in [0.1, 0.15) is 15.6 Å². The molecule has 6 heteroatoms. The predicted molar refractivity (Wildman–Crippen MR) is 59.7 cm³/mol. The molecule has 0 saturated carbocycles. The highest BCUT2D eigenvalue weighted by Crippen LogP contribution is 2.29. The van der Waals surface area contributed by atoms with E-state index in [0.29, 0.717) is 24.5 Å². The summed E-state index contributed by atoms with van der Waals surface area (Å²) in [5.41, 5.74) is 5.67. The van der Waals surface area contributed by atoms with E-state index in [9.17, 15) is 8.42 Å². The van der Waals surface area contributed by atoms with E-state index in [1.807, 2.05) is 6.92 Å². The monoisotopic (exact) mass is 244 g/mol. The van der Waals surface area contributed by atoms with Gasteiger partial charge in [-0.3, -0.25) is 0 Å². The van der Waals surface area contributed by atoms with Gasteiger partial charge in [-0.15, -0.1) is 0 Å². The summed E-state index contributed by atoms with van der Waals surface area (Å²) < 4.78 is 28.1. The molecule has 0 spiro atoms. The zero-order valence-corrected chi connectivity index (χ0v) is 10.0. The van der Waals surface area contributed by atoms with Gasteiger partial charge in [-0.1, -0.05) is 0 Å². The Balaban J connectivity index is 2.08. The van der Waals surface area contributed by atoms with Crippen molar-refractivity contribution in [1.29, 1.82) is 0 Å². The van der Waals surface area contributed by atoms with Crippen molar-refractivity contribution in [2.24, 2.45) is 5.73 Å². The second-order valence-electron chi connectivity index (χ2n) is 4.32. The first-order valence-corrected chi connectivity index (χ1v) is 7.22. The number of hydrogen-bond donors (Lipinski definition) is 1.